The van der Waals surface area contributed by atoms with Crippen molar-refractivity contribution in [2.24, 2.45) is 0 Å². The molecule has 0 bridgehead atoms. The minimum Gasteiger partial charge on any atom is -0.365 e. The van der Waals surface area contributed by atoms with Gasteiger partial charge in [0.1, 0.15) is 12.0 Å². The van der Waals surface area contributed by atoms with Gasteiger partial charge in [0, 0.05) is 12.2 Å². The molecule has 1 unspecified atom stereocenters. The monoisotopic (exact) mass is 246 g/mol. The number of hydrogen-bond donors (Lipinski definition) is 1. The number of nitrogens with one attached hydrogen (secondary N) is 1. The van der Waals surface area contributed by atoms with Crippen LogP contribution in [0.25, 0.3) is 0 Å². The van der Waals surface area contributed by atoms with E-state index in [-0.39, 0.29) is 24.5 Å². The summed E-state index contributed by atoms with van der Waals surface area (Å²) >= 11 is 0. The summed E-state index contributed by atoms with van der Waals surface area (Å²) in [6.45, 7) is 2.34. The van der Waals surface area contributed by atoms with Crippen LogP contribution in [0.15, 0.2) is 24.3 Å². The zero-order chi connectivity index (χ0) is 10.7. The van der Waals surface area contributed by atoms with Gasteiger partial charge in [0.25, 0.3) is 0 Å². The average molecular weight is 247 g/mol. The third-order valence-corrected chi connectivity index (χ3v) is 2.58. The second-order valence-electron chi connectivity index (χ2n) is 3.57. The van der Waals surface area contributed by atoms with Gasteiger partial charge in [-0.25, -0.2) is 4.39 Å². The average Bonchev–Trinajstić information content (AvgIpc) is 2.30. The Balaban J connectivity index is 0.00000128. The second-order valence-corrected chi connectivity index (χ2v) is 3.57. The highest BCUT2D eigenvalue weighted by molar-refractivity contribution is 5.85. The lowest BCUT2D eigenvalue weighted by Gasteiger charge is -2.34. The maximum absolute atomic E-state index is 12.7. The number of benzene rings is 1. The summed E-state index contributed by atoms with van der Waals surface area (Å²) in [5, 5.41) is 3.08. The van der Waals surface area contributed by atoms with Gasteiger partial charge in [-0.2, -0.15) is 0 Å². The van der Waals surface area contributed by atoms with Crippen LogP contribution in [-0.2, 0) is 4.74 Å². The van der Waals surface area contributed by atoms with Crippen molar-refractivity contribution < 1.29 is 9.13 Å². The summed E-state index contributed by atoms with van der Waals surface area (Å²) in [6.07, 6.45) is 0.0591. The third kappa shape index (κ3) is 3.07. The molecule has 90 valence electrons. The molecule has 0 aromatic heterocycles. The van der Waals surface area contributed by atoms with Crippen LogP contribution in [0.5, 0.6) is 0 Å². The van der Waals surface area contributed by atoms with E-state index < -0.39 is 0 Å². The number of rotatable bonds is 2. The van der Waals surface area contributed by atoms with Crippen LogP contribution >= 0.6 is 12.4 Å². The molecule has 0 aliphatic carbocycles. The van der Waals surface area contributed by atoms with Gasteiger partial charge in [-0.05, 0) is 31.3 Å². The first-order valence-electron chi connectivity index (χ1n) is 5.09. The highest BCUT2D eigenvalue weighted by atomic mass is 35.5. The SMILES string of the molecule is CNC1CN(c2ccc(F)cc2)CCO1.Cl. The summed E-state index contributed by atoms with van der Waals surface area (Å²) in [6, 6.07) is 6.57. The van der Waals surface area contributed by atoms with Crippen molar-refractivity contribution in [3.63, 3.8) is 0 Å². The Bertz CT molecular complexity index is 320. The Hall–Kier alpha value is -0.840. The van der Waals surface area contributed by atoms with Gasteiger partial charge in [0.15, 0.2) is 0 Å². The Morgan fingerprint density at radius 1 is 1.38 bits per heavy atom. The van der Waals surface area contributed by atoms with Gasteiger partial charge < -0.3 is 9.64 Å². The van der Waals surface area contributed by atoms with Crippen LogP contribution in [0.2, 0.25) is 0 Å². The molecule has 16 heavy (non-hydrogen) atoms. The van der Waals surface area contributed by atoms with Crippen LogP contribution in [0.1, 0.15) is 0 Å². The molecule has 1 aromatic rings. The number of anilines is 1. The lowest BCUT2D eigenvalue weighted by molar-refractivity contribution is 0.0234. The van der Waals surface area contributed by atoms with Crippen molar-refractivity contribution in [2.75, 3.05) is 31.6 Å². The van der Waals surface area contributed by atoms with Crippen LogP contribution in [-0.4, -0.2) is 33.0 Å². The van der Waals surface area contributed by atoms with E-state index in [0.29, 0.717) is 6.61 Å². The van der Waals surface area contributed by atoms with Crippen LogP contribution in [0.4, 0.5) is 10.1 Å². The number of ether oxygens (including phenoxy) is 1. The molecule has 1 fully saturated rings. The number of halogens is 2. The van der Waals surface area contributed by atoms with E-state index in [1.807, 2.05) is 7.05 Å². The van der Waals surface area contributed by atoms with E-state index >= 15 is 0 Å². The van der Waals surface area contributed by atoms with Crippen molar-refractivity contribution in [3.8, 4) is 0 Å². The standard InChI is InChI=1S/C11H15FN2O.ClH/c1-13-11-8-14(6-7-15-11)10-4-2-9(12)3-5-10;/h2-5,11,13H,6-8H2,1H3;1H. The van der Waals surface area contributed by atoms with Gasteiger partial charge in [-0.15, -0.1) is 12.4 Å². The largest absolute Gasteiger partial charge is 0.365 e. The van der Waals surface area contributed by atoms with Gasteiger partial charge >= 0.3 is 0 Å². The minimum atomic E-state index is -0.197. The van der Waals surface area contributed by atoms with Crippen LogP contribution in [0, 0.1) is 5.82 Å². The number of likely N-dealkylation sites (N-methyl/N-ethyl adjacent to an activating group) is 1. The maximum atomic E-state index is 12.7. The van der Waals surface area contributed by atoms with E-state index in [0.717, 1.165) is 18.8 Å². The minimum absolute atomic E-state index is 0. The lowest BCUT2D eigenvalue weighted by atomic mass is 10.2. The predicted octanol–water partition coefficient (Wildman–Crippen LogP) is 1.63. The lowest BCUT2D eigenvalue weighted by Crippen LogP contribution is -2.48. The summed E-state index contributed by atoms with van der Waals surface area (Å²) < 4.78 is 18.2. The number of nitrogens with zero attached hydrogens (tertiary/aromatic N) is 1. The molecule has 2 rings (SSSR count). The smallest absolute Gasteiger partial charge is 0.125 e. The van der Waals surface area contributed by atoms with E-state index in [1.54, 1.807) is 12.1 Å². The Morgan fingerprint density at radius 3 is 2.69 bits per heavy atom. The molecule has 5 heteroatoms. The molecule has 0 radical (unpaired) electrons. The highest BCUT2D eigenvalue weighted by Gasteiger charge is 2.18. The normalized spacial score (nSPS) is 20.4. The first kappa shape index (κ1) is 13.2. The molecule has 3 nitrogen and oxygen atoms in total. The topological polar surface area (TPSA) is 24.5 Å². The Kier molecular flexibility index (Phi) is 4.99. The summed E-state index contributed by atoms with van der Waals surface area (Å²) in [5.74, 6) is -0.197. The van der Waals surface area contributed by atoms with Crippen molar-refractivity contribution in [1.82, 2.24) is 5.32 Å². The Labute approximate surface area is 101 Å². The fourth-order valence-corrected chi connectivity index (χ4v) is 1.71. The highest BCUT2D eigenvalue weighted by Crippen LogP contribution is 2.17. The van der Waals surface area contributed by atoms with E-state index in [2.05, 4.69) is 10.2 Å². The van der Waals surface area contributed by atoms with Gasteiger partial charge in [-0.1, -0.05) is 0 Å². The maximum Gasteiger partial charge on any atom is 0.125 e. The van der Waals surface area contributed by atoms with Crippen molar-refractivity contribution in [2.45, 2.75) is 6.23 Å². The summed E-state index contributed by atoms with van der Waals surface area (Å²) in [7, 11) is 1.87. The molecule has 1 aliphatic heterocycles. The molecular weight excluding hydrogens is 231 g/mol. The van der Waals surface area contributed by atoms with Crippen LogP contribution in [0.3, 0.4) is 0 Å². The number of morpholine rings is 1. The second kappa shape index (κ2) is 6.03. The molecule has 1 aromatic carbocycles. The van der Waals surface area contributed by atoms with Gasteiger partial charge in [0.05, 0.1) is 13.2 Å². The van der Waals surface area contributed by atoms with Crippen molar-refractivity contribution in [3.05, 3.63) is 30.1 Å². The Morgan fingerprint density at radius 2 is 2.06 bits per heavy atom. The predicted molar refractivity (Wildman–Crippen MR) is 64.7 cm³/mol. The van der Waals surface area contributed by atoms with Crippen molar-refractivity contribution in [1.29, 1.82) is 0 Å². The quantitative estimate of drug-likeness (QED) is 0.859. The molecular formula is C11H16ClFN2O. The van der Waals surface area contributed by atoms with Crippen molar-refractivity contribution >= 4 is 18.1 Å². The first-order chi connectivity index (χ1) is 7.29. The third-order valence-electron chi connectivity index (χ3n) is 2.58. The van der Waals surface area contributed by atoms with Gasteiger partial charge in [-0.3, -0.25) is 5.32 Å². The molecule has 1 atom stereocenters. The van der Waals surface area contributed by atoms with Gasteiger partial charge in [0.2, 0.25) is 0 Å². The number of hydrogen-bond acceptors (Lipinski definition) is 3. The van der Waals surface area contributed by atoms with E-state index in [4.69, 9.17) is 4.74 Å². The molecule has 0 amide bonds. The first-order valence-corrected chi connectivity index (χ1v) is 5.09. The van der Waals surface area contributed by atoms with E-state index in [1.165, 1.54) is 12.1 Å². The summed E-state index contributed by atoms with van der Waals surface area (Å²) in [4.78, 5) is 2.18. The fraction of sp³-hybridized carbons (Fsp3) is 0.455. The molecule has 0 saturated carbocycles. The molecule has 1 saturated heterocycles. The van der Waals surface area contributed by atoms with E-state index in [9.17, 15) is 4.39 Å². The van der Waals surface area contributed by atoms with Crippen LogP contribution < -0.4 is 10.2 Å². The molecule has 1 heterocycles. The molecule has 1 N–H and O–H groups in total. The zero-order valence-electron chi connectivity index (χ0n) is 9.15. The summed E-state index contributed by atoms with van der Waals surface area (Å²) in [5.41, 5.74) is 1.04. The fourth-order valence-electron chi connectivity index (χ4n) is 1.71. The zero-order valence-corrected chi connectivity index (χ0v) is 9.97. The molecule has 1 aliphatic rings. The molecule has 0 spiro atoms.